The predicted octanol–water partition coefficient (Wildman–Crippen LogP) is 2.27. The van der Waals surface area contributed by atoms with Gasteiger partial charge in [-0.15, -0.1) is 11.3 Å². The van der Waals surface area contributed by atoms with Crippen LogP contribution in [0.1, 0.15) is 17.0 Å². The summed E-state index contributed by atoms with van der Waals surface area (Å²) >= 11 is 1.80. The first-order valence-electron chi connectivity index (χ1n) is 5.96. The Morgan fingerprint density at radius 1 is 1.47 bits per heavy atom. The van der Waals surface area contributed by atoms with Gasteiger partial charge in [0.25, 0.3) is 0 Å². The molecule has 1 aliphatic carbocycles. The van der Waals surface area contributed by atoms with Crippen LogP contribution in [-0.2, 0) is 12.8 Å². The third-order valence-electron chi connectivity index (χ3n) is 3.28. The van der Waals surface area contributed by atoms with Crippen LogP contribution in [0.4, 0.5) is 0 Å². The topological polar surface area (TPSA) is 51.8 Å². The summed E-state index contributed by atoms with van der Waals surface area (Å²) < 4.78 is 0. The molecular formula is C13H15N3S. The molecule has 2 N–H and O–H groups in total. The highest BCUT2D eigenvalue weighted by molar-refractivity contribution is 7.15. The van der Waals surface area contributed by atoms with Crippen molar-refractivity contribution in [2.75, 3.05) is 6.54 Å². The Morgan fingerprint density at radius 2 is 2.41 bits per heavy atom. The summed E-state index contributed by atoms with van der Waals surface area (Å²) in [4.78, 5) is 10.3. The Hall–Kier alpha value is -1.26. The van der Waals surface area contributed by atoms with Crippen molar-refractivity contribution in [2.24, 2.45) is 11.7 Å². The molecule has 1 unspecified atom stereocenters. The molecule has 2 aromatic heterocycles. The Morgan fingerprint density at radius 3 is 3.18 bits per heavy atom. The van der Waals surface area contributed by atoms with Crippen LogP contribution in [0.3, 0.4) is 0 Å². The lowest BCUT2D eigenvalue weighted by molar-refractivity contribution is 0.470. The molecule has 17 heavy (non-hydrogen) atoms. The zero-order chi connectivity index (χ0) is 11.7. The molecule has 0 saturated heterocycles. The second-order valence-electron chi connectivity index (χ2n) is 4.48. The van der Waals surface area contributed by atoms with E-state index in [4.69, 9.17) is 10.7 Å². The third kappa shape index (κ3) is 2.10. The fraction of sp³-hybridized carbons (Fsp3) is 0.385. The number of rotatable bonds is 2. The van der Waals surface area contributed by atoms with E-state index < -0.39 is 0 Å². The summed E-state index contributed by atoms with van der Waals surface area (Å²) in [5, 5.41) is 1.10. The molecule has 0 aliphatic heterocycles. The quantitative estimate of drug-likeness (QED) is 0.883. The number of nitrogens with two attached hydrogens (primary N) is 1. The number of thiazole rings is 1. The molecule has 0 radical (unpaired) electrons. The number of hydrogen-bond donors (Lipinski definition) is 1. The van der Waals surface area contributed by atoms with E-state index >= 15 is 0 Å². The molecule has 3 rings (SSSR count). The highest BCUT2D eigenvalue weighted by atomic mass is 32.1. The first-order valence-corrected chi connectivity index (χ1v) is 6.77. The normalized spacial score (nSPS) is 19.0. The van der Waals surface area contributed by atoms with Crippen molar-refractivity contribution in [1.29, 1.82) is 0 Å². The van der Waals surface area contributed by atoms with E-state index in [1.54, 1.807) is 17.5 Å². The van der Waals surface area contributed by atoms with Crippen molar-refractivity contribution in [3.63, 3.8) is 0 Å². The van der Waals surface area contributed by atoms with Crippen LogP contribution >= 0.6 is 11.3 Å². The average Bonchev–Trinajstić information content (AvgIpc) is 2.82. The SMILES string of the molecule is NCC1CCc2nc(-c3cccnc3)sc2C1. The highest BCUT2D eigenvalue weighted by Gasteiger charge is 2.21. The number of hydrogen-bond acceptors (Lipinski definition) is 4. The second-order valence-corrected chi connectivity index (χ2v) is 5.56. The predicted molar refractivity (Wildman–Crippen MR) is 69.9 cm³/mol. The maximum absolute atomic E-state index is 5.75. The lowest BCUT2D eigenvalue weighted by atomic mass is 9.91. The molecule has 2 aromatic rings. The van der Waals surface area contributed by atoms with Gasteiger partial charge >= 0.3 is 0 Å². The fourth-order valence-electron chi connectivity index (χ4n) is 2.26. The molecule has 0 saturated carbocycles. The van der Waals surface area contributed by atoms with E-state index in [-0.39, 0.29) is 0 Å². The minimum Gasteiger partial charge on any atom is -0.330 e. The van der Waals surface area contributed by atoms with Crippen LogP contribution in [0.15, 0.2) is 24.5 Å². The van der Waals surface area contributed by atoms with Crippen molar-refractivity contribution >= 4 is 11.3 Å². The van der Waals surface area contributed by atoms with Crippen LogP contribution in [0.5, 0.6) is 0 Å². The van der Waals surface area contributed by atoms with Crippen molar-refractivity contribution < 1.29 is 0 Å². The van der Waals surface area contributed by atoms with Crippen molar-refractivity contribution in [3.05, 3.63) is 35.1 Å². The van der Waals surface area contributed by atoms with Crippen LogP contribution < -0.4 is 5.73 Å². The van der Waals surface area contributed by atoms with Gasteiger partial charge < -0.3 is 5.73 Å². The van der Waals surface area contributed by atoms with Gasteiger partial charge in [-0.25, -0.2) is 4.98 Å². The monoisotopic (exact) mass is 245 g/mol. The van der Waals surface area contributed by atoms with Gasteiger partial charge in [0.1, 0.15) is 5.01 Å². The minimum absolute atomic E-state index is 0.643. The van der Waals surface area contributed by atoms with E-state index in [0.29, 0.717) is 5.92 Å². The standard InChI is InChI=1S/C13H15N3S/c14-7-9-3-4-11-12(6-9)17-13(16-11)10-2-1-5-15-8-10/h1-2,5,8-9H,3-4,6-7,14H2. The molecule has 0 bridgehead atoms. The molecule has 3 nitrogen and oxygen atoms in total. The van der Waals surface area contributed by atoms with Gasteiger partial charge in [-0.2, -0.15) is 0 Å². The summed E-state index contributed by atoms with van der Waals surface area (Å²) in [7, 11) is 0. The molecule has 0 spiro atoms. The second kappa shape index (κ2) is 4.55. The van der Waals surface area contributed by atoms with E-state index in [2.05, 4.69) is 11.1 Å². The maximum Gasteiger partial charge on any atom is 0.125 e. The molecule has 1 aliphatic rings. The molecule has 0 fully saturated rings. The Labute approximate surface area is 105 Å². The van der Waals surface area contributed by atoms with Crippen molar-refractivity contribution in [1.82, 2.24) is 9.97 Å². The van der Waals surface area contributed by atoms with Gasteiger partial charge in [-0.05, 0) is 43.9 Å². The molecule has 0 amide bonds. The molecule has 4 heteroatoms. The smallest absolute Gasteiger partial charge is 0.125 e. The van der Waals surface area contributed by atoms with E-state index in [9.17, 15) is 0 Å². The molecule has 2 heterocycles. The Kier molecular flexibility index (Phi) is 2.91. The van der Waals surface area contributed by atoms with Gasteiger partial charge in [0.05, 0.1) is 5.69 Å². The van der Waals surface area contributed by atoms with Crippen LogP contribution in [0.2, 0.25) is 0 Å². The van der Waals surface area contributed by atoms with Gasteiger partial charge in [0, 0.05) is 22.8 Å². The average molecular weight is 245 g/mol. The van der Waals surface area contributed by atoms with Crippen LogP contribution in [0, 0.1) is 5.92 Å². The molecular weight excluding hydrogens is 230 g/mol. The molecule has 0 aromatic carbocycles. The number of pyridine rings is 1. The van der Waals surface area contributed by atoms with Crippen LogP contribution in [0.25, 0.3) is 10.6 Å². The summed E-state index contributed by atoms with van der Waals surface area (Å²) in [6.07, 6.45) is 7.03. The van der Waals surface area contributed by atoms with E-state index in [1.807, 2.05) is 12.3 Å². The highest BCUT2D eigenvalue weighted by Crippen LogP contribution is 2.33. The van der Waals surface area contributed by atoms with E-state index in [1.165, 1.54) is 17.0 Å². The zero-order valence-electron chi connectivity index (χ0n) is 9.60. The molecule has 1 atom stereocenters. The first-order chi connectivity index (χ1) is 8.36. The first kappa shape index (κ1) is 10.9. The summed E-state index contributed by atoms with van der Waals surface area (Å²) in [5.74, 6) is 0.643. The number of nitrogens with zero attached hydrogens (tertiary/aromatic N) is 2. The Bertz CT molecular complexity index is 507. The Balaban J connectivity index is 1.93. The number of aryl methyl sites for hydroxylation is 1. The third-order valence-corrected chi connectivity index (χ3v) is 4.45. The minimum atomic E-state index is 0.643. The summed E-state index contributed by atoms with van der Waals surface area (Å²) in [5.41, 5.74) is 8.15. The number of fused-ring (bicyclic) bond motifs is 1. The van der Waals surface area contributed by atoms with Gasteiger partial charge in [0.2, 0.25) is 0 Å². The lowest BCUT2D eigenvalue weighted by Crippen LogP contribution is -2.21. The number of aromatic nitrogens is 2. The summed E-state index contributed by atoms with van der Waals surface area (Å²) in [6, 6.07) is 4.02. The van der Waals surface area contributed by atoms with E-state index in [0.717, 1.165) is 30.0 Å². The molecule has 88 valence electrons. The zero-order valence-corrected chi connectivity index (χ0v) is 10.4. The van der Waals surface area contributed by atoms with Gasteiger partial charge in [-0.3, -0.25) is 4.98 Å². The van der Waals surface area contributed by atoms with Crippen molar-refractivity contribution in [3.8, 4) is 10.6 Å². The fourth-order valence-corrected chi connectivity index (χ4v) is 3.47. The largest absolute Gasteiger partial charge is 0.330 e. The van der Waals surface area contributed by atoms with Gasteiger partial charge in [-0.1, -0.05) is 0 Å². The maximum atomic E-state index is 5.75. The van der Waals surface area contributed by atoms with Crippen molar-refractivity contribution in [2.45, 2.75) is 19.3 Å². The lowest BCUT2D eigenvalue weighted by Gasteiger charge is -2.18. The van der Waals surface area contributed by atoms with Gasteiger partial charge in [0.15, 0.2) is 0 Å². The summed E-state index contributed by atoms with van der Waals surface area (Å²) in [6.45, 7) is 0.791. The van der Waals surface area contributed by atoms with Crippen LogP contribution in [-0.4, -0.2) is 16.5 Å².